The smallest absolute Gasteiger partial charge is 0.337 e. The second kappa shape index (κ2) is 5.66. The second-order valence-electron chi connectivity index (χ2n) is 4.68. The number of carboxylic acid groups (broad SMARTS) is 1. The molecule has 2 N–H and O–H groups in total. The molecule has 0 radical (unpaired) electrons. The molecule has 1 fully saturated rings. The first-order valence-electron chi connectivity index (χ1n) is 6.08. The molecular weight excluding hydrogens is 268 g/mol. The highest BCUT2D eigenvalue weighted by molar-refractivity contribution is 7.91. The van der Waals surface area contributed by atoms with Gasteiger partial charge in [0.2, 0.25) is 0 Å². The van der Waals surface area contributed by atoms with Crippen LogP contribution in [0.25, 0.3) is 0 Å². The van der Waals surface area contributed by atoms with Crippen molar-refractivity contribution in [2.24, 2.45) is 0 Å². The van der Waals surface area contributed by atoms with Crippen LogP contribution in [-0.2, 0) is 16.4 Å². The number of hydrogen-bond acceptors (Lipinski definition) is 5. The fourth-order valence-electron chi connectivity index (χ4n) is 2.09. The second-order valence-corrected chi connectivity index (χ2v) is 6.91. The molecule has 2 heterocycles. The molecule has 104 valence electrons. The number of nitrogens with zero attached hydrogens (tertiary/aromatic N) is 1. The first-order chi connectivity index (χ1) is 8.96. The van der Waals surface area contributed by atoms with Gasteiger partial charge in [-0.1, -0.05) is 0 Å². The van der Waals surface area contributed by atoms with Crippen LogP contribution in [0.1, 0.15) is 28.9 Å². The summed E-state index contributed by atoms with van der Waals surface area (Å²) in [5.74, 6) is -0.567. The Hall–Kier alpha value is -1.47. The molecule has 19 heavy (non-hydrogen) atoms. The van der Waals surface area contributed by atoms with Crippen molar-refractivity contribution in [3.63, 3.8) is 0 Å². The van der Waals surface area contributed by atoms with Gasteiger partial charge in [0.05, 0.1) is 22.8 Å². The van der Waals surface area contributed by atoms with Gasteiger partial charge in [0, 0.05) is 18.8 Å². The number of hydrogen-bond donors (Lipinski definition) is 2. The van der Waals surface area contributed by atoms with Crippen LogP contribution in [0.4, 0.5) is 0 Å². The van der Waals surface area contributed by atoms with Gasteiger partial charge in [-0.25, -0.2) is 13.2 Å². The van der Waals surface area contributed by atoms with Gasteiger partial charge in [-0.2, -0.15) is 0 Å². The van der Waals surface area contributed by atoms with Gasteiger partial charge in [0.15, 0.2) is 9.84 Å². The van der Waals surface area contributed by atoms with Crippen molar-refractivity contribution >= 4 is 15.8 Å². The van der Waals surface area contributed by atoms with E-state index < -0.39 is 15.8 Å². The molecule has 1 aliphatic rings. The SMILES string of the molecule is O=C(O)c1ccc(CNC2CCCS(=O)(=O)C2)nc1. The van der Waals surface area contributed by atoms with Gasteiger partial charge in [-0.05, 0) is 25.0 Å². The van der Waals surface area contributed by atoms with Gasteiger partial charge >= 0.3 is 5.97 Å². The number of pyridine rings is 1. The zero-order chi connectivity index (χ0) is 13.9. The van der Waals surface area contributed by atoms with E-state index in [0.29, 0.717) is 18.7 Å². The molecule has 0 spiro atoms. The number of carboxylic acids is 1. The monoisotopic (exact) mass is 284 g/mol. The summed E-state index contributed by atoms with van der Waals surface area (Å²) in [4.78, 5) is 14.7. The quantitative estimate of drug-likeness (QED) is 0.833. The molecule has 1 aromatic heterocycles. The normalized spacial score (nSPS) is 22.0. The third-order valence-corrected chi connectivity index (χ3v) is 4.93. The van der Waals surface area contributed by atoms with Gasteiger partial charge in [0.1, 0.15) is 0 Å². The van der Waals surface area contributed by atoms with Gasteiger partial charge in [-0.15, -0.1) is 0 Å². The molecule has 0 amide bonds. The summed E-state index contributed by atoms with van der Waals surface area (Å²) in [5.41, 5.74) is 0.844. The highest BCUT2D eigenvalue weighted by Gasteiger charge is 2.24. The van der Waals surface area contributed by atoms with Crippen LogP contribution in [0.3, 0.4) is 0 Å². The third-order valence-electron chi connectivity index (χ3n) is 3.11. The molecular formula is C12H16N2O4S. The number of sulfone groups is 1. The van der Waals surface area contributed by atoms with Gasteiger partial charge < -0.3 is 10.4 Å². The molecule has 0 aromatic carbocycles. The van der Waals surface area contributed by atoms with Crippen LogP contribution < -0.4 is 5.32 Å². The van der Waals surface area contributed by atoms with Crippen molar-refractivity contribution in [2.75, 3.05) is 11.5 Å². The molecule has 7 heteroatoms. The third kappa shape index (κ3) is 4.00. The van der Waals surface area contributed by atoms with Crippen molar-refractivity contribution in [1.82, 2.24) is 10.3 Å². The maximum atomic E-state index is 11.5. The Balaban J connectivity index is 1.90. The predicted molar refractivity (Wildman–Crippen MR) is 69.7 cm³/mol. The minimum atomic E-state index is -2.91. The van der Waals surface area contributed by atoms with E-state index in [1.165, 1.54) is 12.3 Å². The average molecular weight is 284 g/mol. The standard InChI is InChI=1S/C12H16N2O4S/c15-12(16)9-3-4-10(13-6-9)7-14-11-2-1-5-19(17,18)8-11/h3-4,6,11,14H,1-2,5,7-8H2,(H,15,16). The largest absolute Gasteiger partial charge is 0.478 e. The number of carbonyl (C=O) groups is 1. The summed E-state index contributed by atoms with van der Waals surface area (Å²) in [5, 5.41) is 11.9. The number of aromatic carboxylic acids is 1. The first-order valence-corrected chi connectivity index (χ1v) is 7.90. The number of nitrogens with one attached hydrogen (secondary N) is 1. The minimum Gasteiger partial charge on any atom is -0.478 e. The topological polar surface area (TPSA) is 96.4 Å². The van der Waals surface area contributed by atoms with Crippen molar-refractivity contribution in [3.8, 4) is 0 Å². The molecule has 1 aromatic rings. The van der Waals surface area contributed by atoms with E-state index in [1.807, 2.05) is 0 Å². The molecule has 2 rings (SSSR count). The van der Waals surface area contributed by atoms with Crippen LogP contribution in [0.5, 0.6) is 0 Å². The maximum Gasteiger partial charge on any atom is 0.337 e. The summed E-state index contributed by atoms with van der Waals surface area (Å²) < 4.78 is 22.9. The predicted octanol–water partition coefficient (Wildman–Crippen LogP) is 0.447. The molecule has 1 atom stereocenters. The summed E-state index contributed by atoms with van der Waals surface area (Å²) in [6.07, 6.45) is 2.83. The van der Waals surface area contributed by atoms with Gasteiger partial charge in [-0.3, -0.25) is 4.98 Å². The van der Waals surface area contributed by atoms with E-state index in [0.717, 1.165) is 6.42 Å². The highest BCUT2D eigenvalue weighted by Crippen LogP contribution is 2.12. The van der Waals surface area contributed by atoms with E-state index in [2.05, 4.69) is 10.3 Å². The first kappa shape index (κ1) is 14.0. The maximum absolute atomic E-state index is 11.5. The van der Waals surface area contributed by atoms with E-state index in [9.17, 15) is 13.2 Å². The van der Waals surface area contributed by atoms with Crippen molar-refractivity contribution in [1.29, 1.82) is 0 Å². The minimum absolute atomic E-state index is 0.0419. The summed E-state index contributed by atoms with van der Waals surface area (Å²) in [6, 6.07) is 3.08. The number of aromatic nitrogens is 1. The molecule has 1 saturated heterocycles. The van der Waals surface area contributed by atoms with Crippen LogP contribution in [0, 0.1) is 0 Å². The molecule has 0 saturated carbocycles. The zero-order valence-corrected chi connectivity index (χ0v) is 11.2. The van der Waals surface area contributed by atoms with E-state index in [-0.39, 0.29) is 23.1 Å². The van der Waals surface area contributed by atoms with Crippen LogP contribution in [0.15, 0.2) is 18.3 Å². The molecule has 1 aliphatic heterocycles. The van der Waals surface area contributed by atoms with Crippen molar-refractivity contribution in [3.05, 3.63) is 29.6 Å². The van der Waals surface area contributed by atoms with Gasteiger partial charge in [0.25, 0.3) is 0 Å². The molecule has 1 unspecified atom stereocenters. The Kier molecular flexibility index (Phi) is 4.16. The Morgan fingerprint density at radius 2 is 2.26 bits per heavy atom. The lowest BCUT2D eigenvalue weighted by molar-refractivity contribution is 0.0696. The van der Waals surface area contributed by atoms with E-state index in [1.54, 1.807) is 6.07 Å². The fraction of sp³-hybridized carbons (Fsp3) is 0.500. The Bertz CT molecular complexity index is 554. The van der Waals surface area contributed by atoms with Crippen LogP contribution in [-0.4, -0.2) is 42.0 Å². The number of rotatable bonds is 4. The summed E-state index contributed by atoms with van der Waals surface area (Å²) in [7, 11) is -2.91. The lowest BCUT2D eigenvalue weighted by Gasteiger charge is -2.22. The molecule has 0 aliphatic carbocycles. The van der Waals surface area contributed by atoms with Crippen LogP contribution in [0.2, 0.25) is 0 Å². The summed E-state index contributed by atoms with van der Waals surface area (Å²) in [6.45, 7) is 0.445. The van der Waals surface area contributed by atoms with E-state index in [4.69, 9.17) is 5.11 Å². The lowest BCUT2D eigenvalue weighted by Crippen LogP contribution is -2.39. The fourth-order valence-corrected chi connectivity index (χ4v) is 3.76. The summed E-state index contributed by atoms with van der Waals surface area (Å²) >= 11 is 0. The van der Waals surface area contributed by atoms with E-state index >= 15 is 0 Å². The van der Waals surface area contributed by atoms with Crippen molar-refractivity contribution in [2.45, 2.75) is 25.4 Å². The Labute approximate surface area is 111 Å². The van der Waals surface area contributed by atoms with Crippen LogP contribution >= 0.6 is 0 Å². The molecule has 0 bridgehead atoms. The lowest BCUT2D eigenvalue weighted by atomic mass is 10.2. The Morgan fingerprint density at radius 3 is 2.84 bits per heavy atom. The zero-order valence-electron chi connectivity index (χ0n) is 10.4. The van der Waals surface area contributed by atoms with Crippen molar-refractivity contribution < 1.29 is 18.3 Å². The Morgan fingerprint density at radius 1 is 1.47 bits per heavy atom. The highest BCUT2D eigenvalue weighted by atomic mass is 32.2. The average Bonchev–Trinajstić information content (AvgIpc) is 2.36. The molecule has 6 nitrogen and oxygen atoms in total.